The number of aromatic nitrogens is 1. The summed E-state index contributed by atoms with van der Waals surface area (Å²) in [6.45, 7) is 0. The minimum Gasteiger partial charge on any atom is -0.481 e. The van der Waals surface area contributed by atoms with E-state index in [4.69, 9.17) is 16.7 Å². The van der Waals surface area contributed by atoms with Crippen molar-refractivity contribution >= 4 is 28.5 Å². The third-order valence-electron chi connectivity index (χ3n) is 3.71. The van der Waals surface area contributed by atoms with Gasteiger partial charge in [0.2, 0.25) is 0 Å². The Labute approximate surface area is 110 Å². The number of hydrogen-bond acceptors (Lipinski definition) is 1. The number of nitrogens with one attached hydrogen (secondary N) is 1. The summed E-state index contributed by atoms with van der Waals surface area (Å²) in [7, 11) is 0. The van der Waals surface area contributed by atoms with Crippen LogP contribution in [0.1, 0.15) is 36.4 Å². The molecule has 1 atom stereocenters. The Bertz CT molecular complexity index is 618. The van der Waals surface area contributed by atoms with Crippen LogP contribution in [-0.4, -0.2) is 16.1 Å². The second-order valence-electron chi connectivity index (χ2n) is 4.89. The van der Waals surface area contributed by atoms with Crippen molar-refractivity contribution < 1.29 is 9.90 Å². The molecule has 1 heterocycles. The van der Waals surface area contributed by atoms with Crippen molar-refractivity contribution in [1.82, 2.24) is 4.98 Å². The van der Waals surface area contributed by atoms with Crippen LogP contribution in [0.3, 0.4) is 0 Å². The zero-order valence-electron chi connectivity index (χ0n) is 9.87. The molecule has 1 aromatic carbocycles. The number of carboxylic acid groups (broad SMARTS) is 1. The first-order valence-corrected chi connectivity index (χ1v) is 6.54. The van der Waals surface area contributed by atoms with Gasteiger partial charge in [-0.05, 0) is 43.0 Å². The summed E-state index contributed by atoms with van der Waals surface area (Å²) in [5.41, 5.74) is 3.41. The molecule has 4 heteroatoms. The lowest BCUT2D eigenvalue weighted by atomic mass is 9.85. The number of carboxylic acids is 1. The van der Waals surface area contributed by atoms with Gasteiger partial charge in [0.05, 0.1) is 6.42 Å². The molecule has 0 amide bonds. The molecule has 1 aromatic heterocycles. The van der Waals surface area contributed by atoms with E-state index >= 15 is 0 Å². The minimum absolute atomic E-state index is 0.109. The zero-order valence-corrected chi connectivity index (χ0v) is 10.6. The van der Waals surface area contributed by atoms with Gasteiger partial charge >= 0.3 is 5.97 Å². The van der Waals surface area contributed by atoms with Gasteiger partial charge in [0.1, 0.15) is 0 Å². The van der Waals surface area contributed by atoms with E-state index in [0.717, 1.165) is 40.9 Å². The van der Waals surface area contributed by atoms with Gasteiger partial charge in [0.15, 0.2) is 0 Å². The van der Waals surface area contributed by atoms with E-state index in [1.165, 1.54) is 5.56 Å². The first-order chi connectivity index (χ1) is 8.65. The van der Waals surface area contributed by atoms with E-state index in [0.29, 0.717) is 0 Å². The molecule has 0 fully saturated rings. The van der Waals surface area contributed by atoms with Crippen molar-refractivity contribution in [3.05, 3.63) is 34.5 Å². The number of hydrogen-bond donors (Lipinski definition) is 2. The minimum atomic E-state index is -0.732. The number of halogens is 1. The Kier molecular flexibility index (Phi) is 2.78. The molecule has 18 heavy (non-hydrogen) atoms. The molecule has 1 aliphatic rings. The molecule has 0 saturated carbocycles. The highest BCUT2D eigenvalue weighted by Gasteiger charge is 2.25. The molecule has 0 aliphatic heterocycles. The first-order valence-electron chi connectivity index (χ1n) is 6.17. The molecule has 3 rings (SSSR count). The van der Waals surface area contributed by atoms with Gasteiger partial charge < -0.3 is 10.1 Å². The quantitative estimate of drug-likeness (QED) is 0.868. The fraction of sp³-hybridized carbons (Fsp3) is 0.357. The van der Waals surface area contributed by atoms with Crippen LogP contribution < -0.4 is 0 Å². The van der Waals surface area contributed by atoms with Crippen LogP contribution in [0.4, 0.5) is 0 Å². The third-order valence-corrected chi connectivity index (χ3v) is 3.94. The SMILES string of the molecule is O=C(O)CC1CCCc2c1[nH]c1ccc(Cl)cc21. The summed E-state index contributed by atoms with van der Waals surface area (Å²) in [5, 5.41) is 10.8. The zero-order chi connectivity index (χ0) is 12.7. The van der Waals surface area contributed by atoms with Crippen LogP contribution in [0.15, 0.2) is 18.2 Å². The molecule has 2 aromatic rings. The third kappa shape index (κ3) is 1.89. The maximum atomic E-state index is 10.9. The number of aryl methyl sites for hydroxylation is 1. The molecular weight excluding hydrogens is 250 g/mol. The smallest absolute Gasteiger partial charge is 0.304 e. The normalized spacial score (nSPS) is 18.8. The Balaban J connectivity index is 2.12. The second kappa shape index (κ2) is 4.32. The fourth-order valence-corrected chi connectivity index (χ4v) is 3.12. The van der Waals surface area contributed by atoms with E-state index < -0.39 is 5.97 Å². The predicted molar refractivity (Wildman–Crippen MR) is 71.2 cm³/mol. The molecule has 3 nitrogen and oxygen atoms in total. The molecule has 2 N–H and O–H groups in total. The number of aliphatic carboxylic acids is 1. The van der Waals surface area contributed by atoms with Gasteiger partial charge in [-0.25, -0.2) is 0 Å². The monoisotopic (exact) mass is 263 g/mol. The molecule has 0 bridgehead atoms. The van der Waals surface area contributed by atoms with Crippen molar-refractivity contribution in [2.24, 2.45) is 0 Å². The Morgan fingerprint density at radius 3 is 3.11 bits per heavy atom. The second-order valence-corrected chi connectivity index (χ2v) is 5.33. The number of rotatable bonds is 2. The Morgan fingerprint density at radius 1 is 1.50 bits per heavy atom. The number of carbonyl (C=O) groups is 1. The predicted octanol–water partition coefficient (Wildman–Crippen LogP) is 3.72. The van der Waals surface area contributed by atoms with Gasteiger partial charge in [-0.2, -0.15) is 0 Å². The molecule has 0 spiro atoms. The Morgan fingerprint density at radius 2 is 2.33 bits per heavy atom. The summed E-state index contributed by atoms with van der Waals surface area (Å²) in [6, 6.07) is 5.79. The lowest BCUT2D eigenvalue weighted by Crippen LogP contribution is -2.13. The summed E-state index contributed by atoms with van der Waals surface area (Å²) < 4.78 is 0. The number of benzene rings is 1. The lowest BCUT2D eigenvalue weighted by molar-refractivity contribution is -0.137. The van der Waals surface area contributed by atoms with Crippen LogP contribution in [0, 0.1) is 0 Å². The van der Waals surface area contributed by atoms with Gasteiger partial charge in [0.25, 0.3) is 0 Å². The van der Waals surface area contributed by atoms with Crippen molar-refractivity contribution in [3.63, 3.8) is 0 Å². The van der Waals surface area contributed by atoms with Gasteiger partial charge in [-0.3, -0.25) is 4.79 Å². The van der Waals surface area contributed by atoms with Crippen LogP contribution in [0.25, 0.3) is 10.9 Å². The summed E-state index contributed by atoms with van der Waals surface area (Å²) in [6.07, 6.45) is 3.20. The van der Waals surface area contributed by atoms with Crippen LogP contribution >= 0.6 is 11.6 Å². The molecule has 1 aliphatic carbocycles. The van der Waals surface area contributed by atoms with E-state index in [2.05, 4.69) is 4.98 Å². The van der Waals surface area contributed by atoms with E-state index in [1.54, 1.807) is 0 Å². The number of H-pyrrole nitrogens is 1. The van der Waals surface area contributed by atoms with Gasteiger partial charge in [0, 0.05) is 27.5 Å². The summed E-state index contributed by atoms with van der Waals surface area (Å²) in [4.78, 5) is 14.3. The lowest BCUT2D eigenvalue weighted by Gasteiger charge is -2.20. The number of fused-ring (bicyclic) bond motifs is 3. The molecular formula is C14H14ClNO2. The van der Waals surface area contributed by atoms with Crippen molar-refractivity contribution in [1.29, 1.82) is 0 Å². The number of aromatic amines is 1. The molecule has 94 valence electrons. The summed E-state index contributed by atoms with van der Waals surface area (Å²) >= 11 is 6.03. The van der Waals surface area contributed by atoms with Crippen LogP contribution in [0.5, 0.6) is 0 Å². The standard InChI is InChI=1S/C14H14ClNO2/c15-9-4-5-12-11(7-9)10-3-1-2-8(6-13(17)18)14(10)16-12/h4-5,7-8,16H,1-3,6H2,(H,17,18). The maximum Gasteiger partial charge on any atom is 0.304 e. The topological polar surface area (TPSA) is 53.1 Å². The van der Waals surface area contributed by atoms with Crippen LogP contribution in [0.2, 0.25) is 5.02 Å². The summed E-state index contributed by atoms with van der Waals surface area (Å²) in [5.74, 6) is -0.623. The van der Waals surface area contributed by atoms with Crippen molar-refractivity contribution in [3.8, 4) is 0 Å². The molecule has 1 unspecified atom stereocenters. The average Bonchev–Trinajstić information content (AvgIpc) is 2.68. The Hall–Kier alpha value is -1.48. The first kappa shape index (κ1) is 11.6. The van der Waals surface area contributed by atoms with Crippen LogP contribution in [-0.2, 0) is 11.2 Å². The van der Waals surface area contributed by atoms with Gasteiger partial charge in [-0.1, -0.05) is 11.6 Å². The maximum absolute atomic E-state index is 10.9. The largest absolute Gasteiger partial charge is 0.481 e. The van der Waals surface area contributed by atoms with Crippen molar-refractivity contribution in [2.75, 3.05) is 0 Å². The van der Waals surface area contributed by atoms with E-state index in [9.17, 15) is 4.79 Å². The highest BCUT2D eigenvalue weighted by atomic mass is 35.5. The van der Waals surface area contributed by atoms with Gasteiger partial charge in [-0.15, -0.1) is 0 Å². The highest BCUT2D eigenvalue weighted by Crippen LogP contribution is 2.38. The van der Waals surface area contributed by atoms with Crippen molar-refractivity contribution in [2.45, 2.75) is 31.6 Å². The van der Waals surface area contributed by atoms with E-state index in [1.807, 2.05) is 18.2 Å². The van der Waals surface area contributed by atoms with E-state index in [-0.39, 0.29) is 12.3 Å². The highest BCUT2D eigenvalue weighted by molar-refractivity contribution is 6.31. The fourth-order valence-electron chi connectivity index (χ4n) is 2.94. The molecule has 0 saturated heterocycles. The molecule has 0 radical (unpaired) electrons. The average molecular weight is 264 g/mol.